The van der Waals surface area contributed by atoms with Gasteiger partial charge in [0, 0.05) is 86.4 Å². The maximum Gasteiger partial charge on any atom is 0.264 e. The quantitative estimate of drug-likeness (QED) is 0.0999. The standard InChI is InChI=1S/C138H146B2N4S2/c1-81-66-115-121-117(68-81)143(113-54-44-88(128(6,7)8)73-109(113)139(121)125-123(99-77-105-107(79-119(99)145-125)135(22,23)60-58-133(105,18)19)141(115)91-47-50-101-103(75-91)132(16,17)57-56-131(101,14)15)111-53-46-90(72-97(111)86-41-40-83-34-29-30-36-85(83)70-86)130(12,13)62-64-138(28)65-63-137(26,27)104-76-92(48-51-102(104)138)142-116-67-82(2)69-118-122(116)140(126-124(142)100-78-106-108(80-120(100)146-126)136(24,25)61-59-134(106,20)21)110-74-89(129(9,10)11)45-55-114(110)144(118)112-52-43-87(127(3,4)5)71-98(112)95-39-33-38-94-93-37-32-31-35-84(93)42-49-96(94)95/h29-55,66-80H,56-65H2,1-28H3. The zero-order chi connectivity index (χ0) is 102. The third-order valence-electron chi connectivity index (χ3n) is 37.9. The summed E-state index contributed by atoms with van der Waals surface area (Å²) in [5.41, 5.74) is 45.0. The average molecular weight is 1950 g/mol. The van der Waals surface area contributed by atoms with Crippen molar-refractivity contribution in [1.82, 2.24) is 0 Å². The zero-order valence-electron chi connectivity index (χ0n) is 92.1. The zero-order valence-corrected chi connectivity index (χ0v) is 93.7. The van der Waals surface area contributed by atoms with Gasteiger partial charge in [-0.1, -0.05) is 320 Å². The van der Waals surface area contributed by atoms with Gasteiger partial charge in [-0.15, -0.1) is 22.7 Å². The second-order valence-corrected chi connectivity index (χ2v) is 56.8. The third kappa shape index (κ3) is 14.6. The molecule has 2 aromatic heterocycles. The highest BCUT2D eigenvalue weighted by atomic mass is 32.1. The number of hydrogen-bond acceptors (Lipinski definition) is 6. The van der Waals surface area contributed by atoms with Gasteiger partial charge in [0.05, 0.1) is 22.7 Å². The lowest BCUT2D eigenvalue weighted by molar-refractivity contribution is 0.272. The van der Waals surface area contributed by atoms with Crippen LogP contribution in [-0.2, 0) is 65.0 Å². The topological polar surface area (TPSA) is 13.0 Å². The first-order chi connectivity index (χ1) is 68.8. The molecule has 4 aliphatic carbocycles. The third-order valence-corrected chi connectivity index (χ3v) is 40.3. The Morgan fingerprint density at radius 1 is 0.274 bits per heavy atom. The van der Waals surface area contributed by atoms with Gasteiger partial charge in [-0.05, 0) is 401 Å². The Balaban J connectivity index is 0.643. The summed E-state index contributed by atoms with van der Waals surface area (Å²) in [5.74, 6) is 0. The van der Waals surface area contributed by atoms with Crippen LogP contribution in [0.1, 0.15) is 322 Å². The molecular formula is C138H146B2N4S2. The van der Waals surface area contributed by atoms with Gasteiger partial charge >= 0.3 is 0 Å². The summed E-state index contributed by atoms with van der Waals surface area (Å²) < 4.78 is 5.66. The Labute approximate surface area is 879 Å². The van der Waals surface area contributed by atoms with E-state index in [9.17, 15) is 0 Å². The molecule has 0 spiro atoms. The van der Waals surface area contributed by atoms with Crippen molar-refractivity contribution in [2.24, 2.45) is 0 Å². The maximum absolute atomic E-state index is 2.82. The Bertz CT molecular complexity index is 8480. The van der Waals surface area contributed by atoms with Gasteiger partial charge in [0.1, 0.15) is 0 Å². The summed E-state index contributed by atoms with van der Waals surface area (Å²) in [7, 11) is 0. The molecule has 15 aromatic carbocycles. The average Bonchev–Trinajstić information content (AvgIpc) is 1.41. The normalized spacial score (nSPS) is 18.8. The fourth-order valence-corrected chi connectivity index (χ4v) is 30.8. The molecule has 4 nitrogen and oxygen atoms in total. The van der Waals surface area contributed by atoms with Crippen molar-refractivity contribution in [2.75, 3.05) is 19.6 Å². The molecule has 0 radical (unpaired) electrons. The Morgan fingerprint density at radius 3 is 1.16 bits per heavy atom. The van der Waals surface area contributed by atoms with Crippen LogP contribution in [0.15, 0.2) is 255 Å². The lowest BCUT2D eigenvalue weighted by Gasteiger charge is -2.47. The van der Waals surface area contributed by atoms with Crippen LogP contribution in [0.4, 0.5) is 68.2 Å². The van der Waals surface area contributed by atoms with Crippen molar-refractivity contribution in [2.45, 2.75) is 323 Å². The van der Waals surface area contributed by atoms with E-state index in [0.717, 1.165) is 51.4 Å². The minimum atomic E-state index is -0.247. The molecule has 17 aromatic rings. The fourth-order valence-electron chi connectivity index (χ4n) is 28.1. The first kappa shape index (κ1) is 95.3. The van der Waals surface area contributed by atoms with E-state index in [1.54, 1.807) is 0 Å². The molecule has 0 amide bonds. The van der Waals surface area contributed by atoms with Crippen LogP contribution < -0.4 is 51.0 Å². The minimum Gasteiger partial charge on any atom is -0.311 e. The fraction of sp³-hybridized carbons (Fsp3) is 0.362. The first-order valence-electron chi connectivity index (χ1n) is 54.9. The van der Waals surface area contributed by atoms with Crippen LogP contribution in [0, 0.1) is 13.8 Å². The molecule has 0 fully saturated rings. The maximum atomic E-state index is 2.82. The van der Waals surface area contributed by atoms with Crippen LogP contribution >= 0.6 is 22.7 Å². The van der Waals surface area contributed by atoms with E-state index in [4.69, 9.17) is 0 Å². The largest absolute Gasteiger partial charge is 0.311 e. The highest BCUT2D eigenvalue weighted by molar-refractivity contribution is 7.34. The second kappa shape index (κ2) is 31.9. The SMILES string of the molecule is Cc1cc2c3c(c1)N(c1ccc4c(c1)C(C)(C)CCC4(C)C)c1c(sc4cc5c(cc14)C(C)(C)CCC5(C)C)B3c1cc(C(C)(C)C)ccc1N2c1ccc(C(C)(C)CCC2(C)CCC(C)(C)c3cc(N4c5cc(C)cc6c5B(c5cc(C(C)(C)C)ccc5N6c5ccc(C(C)(C)C)cc5-c5cccc6c5ccc5ccccc56)c5sc6cc7c(cc6c54)C(C)(C)CCC7(C)C)ccc32)cc1-c1ccc2ccccc2c1. The van der Waals surface area contributed by atoms with E-state index in [-0.39, 0.29) is 78.4 Å². The second-order valence-electron chi connectivity index (χ2n) is 54.7. The predicted octanol–water partition coefficient (Wildman–Crippen LogP) is 35.7. The highest BCUT2D eigenvalue weighted by Gasteiger charge is 2.53. The molecule has 8 heteroatoms. The lowest BCUT2D eigenvalue weighted by Crippen LogP contribution is -2.60. The van der Waals surface area contributed by atoms with E-state index in [1.807, 2.05) is 0 Å². The van der Waals surface area contributed by atoms with Crippen molar-refractivity contribution in [3.8, 4) is 22.3 Å². The lowest BCUT2D eigenvalue weighted by atomic mass is 9.36. The molecule has 25 rings (SSSR count). The van der Waals surface area contributed by atoms with Gasteiger partial charge < -0.3 is 19.6 Å². The number of rotatable bonds is 10. The molecule has 6 heterocycles. The number of thiophene rings is 2. The van der Waals surface area contributed by atoms with Gasteiger partial charge in [0.25, 0.3) is 13.4 Å². The number of nitrogens with zero attached hydrogens (tertiary/aromatic N) is 4. The number of hydrogen-bond donors (Lipinski definition) is 0. The van der Waals surface area contributed by atoms with Gasteiger partial charge in [-0.2, -0.15) is 0 Å². The monoisotopic (exact) mass is 1950 g/mol. The highest BCUT2D eigenvalue weighted by Crippen LogP contribution is 2.62. The summed E-state index contributed by atoms with van der Waals surface area (Å²) in [6.45, 7) is 69.3. The van der Waals surface area contributed by atoms with Crippen molar-refractivity contribution in [1.29, 1.82) is 0 Å². The molecule has 0 bridgehead atoms. The van der Waals surface area contributed by atoms with Crippen LogP contribution in [0.5, 0.6) is 0 Å². The van der Waals surface area contributed by atoms with Crippen LogP contribution in [-0.4, -0.2) is 13.4 Å². The van der Waals surface area contributed by atoms with E-state index in [2.05, 4.69) is 491 Å². The summed E-state index contributed by atoms with van der Waals surface area (Å²) in [4.78, 5) is 11.1. The van der Waals surface area contributed by atoms with E-state index in [0.29, 0.717) is 0 Å². The van der Waals surface area contributed by atoms with E-state index in [1.165, 1.54) is 265 Å². The molecule has 736 valence electrons. The summed E-state index contributed by atoms with van der Waals surface area (Å²) in [6, 6.07) is 104. The summed E-state index contributed by atoms with van der Waals surface area (Å²) in [6.07, 6.45) is 11.2. The molecule has 1 atom stereocenters. The van der Waals surface area contributed by atoms with E-state index < -0.39 is 0 Å². The Hall–Kier alpha value is -11.7. The van der Waals surface area contributed by atoms with Crippen molar-refractivity contribution in [3.05, 3.63) is 333 Å². The first-order valence-corrected chi connectivity index (χ1v) is 56.5. The number of fused-ring (bicyclic) bond motifs is 20. The molecule has 0 N–H and O–H groups in total. The molecule has 146 heavy (non-hydrogen) atoms. The van der Waals surface area contributed by atoms with Crippen molar-refractivity contribution in [3.63, 3.8) is 0 Å². The Morgan fingerprint density at radius 2 is 0.664 bits per heavy atom. The molecular weight excluding hydrogens is 1800 g/mol. The Kier molecular flexibility index (Phi) is 20.8. The number of anilines is 12. The van der Waals surface area contributed by atoms with Crippen molar-refractivity contribution >= 4 is 188 Å². The van der Waals surface area contributed by atoms with Gasteiger partial charge in [0.2, 0.25) is 0 Å². The smallest absolute Gasteiger partial charge is 0.264 e. The van der Waals surface area contributed by atoms with Crippen LogP contribution in [0.25, 0.3) is 74.7 Å². The van der Waals surface area contributed by atoms with Crippen LogP contribution in [0.2, 0.25) is 0 Å². The molecule has 8 aliphatic rings. The van der Waals surface area contributed by atoms with Gasteiger partial charge in [-0.3, -0.25) is 0 Å². The summed E-state index contributed by atoms with van der Waals surface area (Å²) in [5, 5.41) is 10.4. The molecule has 0 saturated carbocycles. The van der Waals surface area contributed by atoms with Crippen LogP contribution in [0.3, 0.4) is 0 Å². The number of benzene rings is 15. The van der Waals surface area contributed by atoms with E-state index >= 15 is 0 Å². The molecule has 4 aliphatic heterocycles. The van der Waals surface area contributed by atoms with Gasteiger partial charge in [0.15, 0.2) is 0 Å². The predicted molar refractivity (Wildman–Crippen MR) is 638 cm³/mol. The van der Waals surface area contributed by atoms with Crippen molar-refractivity contribution < 1.29 is 0 Å². The molecule has 0 saturated heterocycles. The molecule has 1 unspecified atom stereocenters. The summed E-state index contributed by atoms with van der Waals surface area (Å²) >= 11 is 4.16. The van der Waals surface area contributed by atoms with Gasteiger partial charge in [-0.25, -0.2) is 0 Å². The minimum absolute atomic E-state index is 0.000619. The number of aryl methyl sites for hydroxylation is 2.